The number of hydrogen-bond donors (Lipinski definition) is 2. The van der Waals surface area contributed by atoms with E-state index in [-0.39, 0.29) is 23.2 Å². The molecule has 1 unspecified atom stereocenters. The lowest BCUT2D eigenvalue weighted by Crippen LogP contribution is -2.11. The van der Waals surface area contributed by atoms with Crippen LogP contribution in [0, 0.1) is 0 Å². The maximum atomic E-state index is 12.7. The van der Waals surface area contributed by atoms with Crippen LogP contribution in [0.3, 0.4) is 0 Å². The number of phenols is 2. The molecule has 0 aliphatic carbocycles. The zero-order chi connectivity index (χ0) is 22.3. The highest BCUT2D eigenvalue weighted by molar-refractivity contribution is 5.81. The molecule has 0 amide bonds. The van der Waals surface area contributed by atoms with Crippen LogP contribution in [0.1, 0.15) is 101 Å². The van der Waals surface area contributed by atoms with Crippen LogP contribution >= 0.6 is 0 Å². The van der Waals surface area contributed by atoms with Crippen molar-refractivity contribution >= 4 is 5.78 Å². The van der Waals surface area contributed by atoms with Crippen LogP contribution < -0.4 is 0 Å². The van der Waals surface area contributed by atoms with E-state index in [0.717, 1.165) is 25.0 Å². The summed E-state index contributed by atoms with van der Waals surface area (Å²) in [5.74, 6) is 0.300. The summed E-state index contributed by atoms with van der Waals surface area (Å²) in [5.41, 5.74) is 1.44. The zero-order valence-electron chi connectivity index (χ0n) is 19.1. The molecule has 0 bridgehead atoms. The highest BCUT2D eigenvalue weighted by atomic mass is 16.3. The molecule has 170 valence electrons. The summed E-state index contributed by atoms with van der Waals surface area (Å²) in [6.07, 6.45) is 15.8. The van der Waals surface area contributed by atoms with Crippen LogP contribution in [-0.2, 0) is 11.2 Å². The van der Waals surface area contributed by atoms with E-state index < -0.39 is 0 Å². The fourth-order valence-corrected chi connectivity index (χ4v) is 4.17. The largest absolute Gasteiger partial charge is 0.508 e. The molecule has 0 fully saturated rings. The Morgan fingerprint density at radius 3 is 2.23 bits per heavy atom. The topological polar surface area (TPSA) is 70.4 Å². The second-order valence-corrected chi connectivity index (χ2v) is 8.65. The fourth-order valence-electron chi connectivity index (χ4n) is 4.17. The smallest absolute Gasteiger partial charge is 0.139 e. The van der Waals surface area contributed by atoms with Crippen molar-refractivity contribution in [1.82, 2.24) is 4.98 Å². The van der Waals surface area contributed by atoms with Crippen LogP contribution in [0.2, 0.25) is 0 Å². The van der Waals surface area contributed by atoms with E-state index in [4.69, 9.17) is 0 Å². The third-order valence-corrected chi connectivity index (χ3v) is 5.94. The average Bonchev–Trinajstić information content (AvgIpc) is 2.76. The molecule has 0 radical (unpaired) electrons. The number of hydrogen-bond acceptors (Lipinski definition) is 4. The van der Waals surface area contributed by atoms with Crippen molar-refractivity contribution in [3.05, 3.63) is 53.9 Å². The summed E-state index contributed by atoms with van der Waals surface area (Å²) in [4.78, 5) is 16.9. The van der Waals surface area contributed by atoms with Crippen molar-refractivity contribution in [3.63, 3.8) is 0 Å². The number of rotatable bonds is 16. The number of nitrogens with zero attached hydrogens (tertiary/aromatic N) is 1. The minimum Gasteiger partial charge on any atom is -0.508 e. The number of pyridine rings is 1. The molecule has 31 heavy (non-hydrogen) atoms. The lowest BCUT2D eigenvalue weighted by atomic mass is 9.87. The summed E-state index contributed by atoms with van der Waals surface area (Å²) < 4.78 is 0. The lowest BCUT2D eigenvalue weighted by molar-refractivity contribution is -0.118. The third-order valence-electron chi connectivity index (χ3n) is 5.94. The first kappa shape index (κ1) is 24.9. The molecule has 0 spiro atoms. The molecule has 2 aromatic rings. The van der Waals surface area contributed by atoms with Crippen LogP contribution in [0.4, 0.5) is 0 Å². The Bertz CT molecular complexity index is 760. The molecule has 4 nitrogen and oxygen atoms in total. The number of phenolic OH excluding ortho intramolecular Hbond substituents is 2. The van der Waals surface area contributed by atoms with Gasteiger partial charge in [0.15, 0.2) is 0 Å². The number of aromatic hydroxyl groups is 2. The number of carbonyl (C=O) groups excluding carboxylic acids is 1. The minimum atomic E-state index is -0.0858. The molecule has 0 aliphatic heterocycles. The van der Waals surface area contributed by atoms with E-state index in [1.165, 1.54) is 63.5 Å². The molecule has 0 saturated heterocycles. The molecule has 0 aliphatic rings. The van der Waals surface area contributed by atoms with Gasteiger partial charge in [-0.05, 0) is 42.7 Å². The van der Waals surface area contributed by atoms with Crippen molar-refractivity contribution in [2.45, 2.75) is 96.3 Å². The summed E-state index contributed by atoms with van der Waals surface area (Å²) in [5, 5.41) is 20.2. The maximum Gasteiger partial charge on any atom is 0.139 e. The predicted molar refractivity (Wildman–Crippen MR) is 127 cm³/mol. The normalized spacial score (nSPS) is 12.0. The van der Waals surface area contributed by atoms with E-state index in [2.05, 4.69) is 11.9 Å². The van der Waals surface area contributed by atoms with Gasteiger partial charge in [-0.15, -0.1) is 0 Å². The number of ketones is 1. The first-order valence-corrected chi connectivity index (χ1v) is 12.0. The van der Waals surface area contributed by atoms with E-state index in [0.29, 0.717) is 18.4 Å². The van der Waals surface area contributed by atoms with Crippen LogP contribution in [0.25, 0.3) is 0 Å². The fraction of sp³-hybridized carbons (Fsp3) is 0.556. The standard InChI is InChI=1S/C27H39NO3/c1-2-3-4-5-6-7-8-9-10-11-14-22(26-21-24(29)16-17-27(26)31)19-25(30)20-23-15-12-13-18-28-23/h12-13,15-18,21-22,29,31H,2-11,14,19-20H2,1H3. The van der Waals surface area contributed by atoms with Gasteiger partial charge < -0.3 is 10.2 Å². The predicted octanol–water partition coefficient (Wildman–Crippen LogP) is 7.09. The molecule has 1 atom stereocenters. The molecular formula is C27H39NO3. The Balaban J connectivity index is 1.82. The van der Waals surface area contributed by atoms with Crippen molar-refractivity contribution in [2.75, 3.05) is 0 Å². The van der Waals surface area contributed by atoms with Gasteiger partial charge in [-0.25, -0.2) is 0 Å². The molecule has 2 rings (SSSR count). The van der Waals surface area contributed by atoms with Gasteiger partial charge >= 0.3 is 0 Å². The summed E-state index contributed by atoms with van der Waals surface area (Å²) in [7, 11) is 0. The minimum absolute atomic E-state index is 0.0858. The Morgan fingerprint density at radius 2 is 1.58 bits per heavy atom. The molecule has 1 aromatic carbocycles. The van der Waals surface area contributed by atoms with Gasteiger partial charge in [0.1, 0.15) is 17.3 Å². The summed E-state index contributed by atoms with van der Waals surface area (Å²) >= 11 is 0. The average molecular weight is 426 g/mol. The van der Waals surface area contributed by atoms with E-state index in [1.807, 2.05) is 18.2 Å². The third kappa shape index (κ3) is 9.99. The second kappa shape index (κ2) is 14.6. The second-order valence-electron chi connectivity index (χ2n) is 8.65. The van der Waals surface area contributed by atoms with Crippen molar-refractivity contribution < 1.29 is 15.0 Å². The van der Waals surface area contributed by atoms with E-state index in [9.17, 15) is 15.0 Å². The number of carbonyl (C=O) groups is 1. The summed E-state index contributed by atoms with van der Waals surface area (Å²) in [6.45, 7) is 2.25. The van der Waals surface area contributed by atoms with E-state index >= 15 is 0 Å². The van der Waals surface area contributed by atoms with Gasteiger partial charge in [-0.2, -0.15) is 0 Å². The highest BCUT2D eigenvalue weighted by Gasteiger charge is 2.20. The molecule has 1 heterocycles. The number of benzene rings is 1. The van der Waals surface area contributed by atoms with Crippen molar-refractivity contribution in [1.29, 1.82) is 0 Å². The SMILES string of the molecule is CCCCCCCCCCCCC(CC(=O)Cc1ccccn1)c1cc(O)ccc1O. The van der Waals surface area contributed by atoms with Crippen LogP contribution in [-0.4, -0.2) is 21.0 Å². The molecular weight excluding hydrogens is 386 g/mol. The maximum absolute atomic E-state index is 12.7. The summed E-state index contributed by atoms with van der Waals surface area (Å²) in [6, 6.07) is 10.2. The Hall–Kier alpha value is -2.36. The number of aromatic nitrogens is 1. The monoisotopic (exact) mass is 425 g/mol. The molecule has 2 N–H and O–H groups in total. The first-order chi connectivity index (χ1) is 15.1. The molecule has 0 saturated carbocycles. The van der Waals surface area contributed by atoms with Crippen molar-refractivity contribution in [3.8, 4) is 11.5 Å². The quantitative estimate of drug-likeness (QED) is 0.222. The van der Waals surface area contributed by atoms with Gasteiger partial charge in [-0.1, -0.05) is 77.2 Å². The van der Waals surface area contributed by atoms with Crippen LogP contribution in [0.5, 0.6) is 11.5 Å². The van der Waals surface area contributed by atoms with Gasteiger partial charge in [0, 0.05) is 30.3 Å². The molecule has 1 aromatic heterocycles. The van der Waals surface area contributed by atoms with Gasteiger partial charge in [-0.3, -0.25) is 9.78 Å². The van der Waals surface area contributed by atoms with Gasteiger partial charge in [0.2, 0.25) is 0 Å². The van der Waals surface area contributed by atoms with Gasteiger partial charge in [0.25, 0.3) is 0 Å². The van der Waals surface area contributed by atoms with Crippen LogP contribution in [0.15, 0.2) is 42.6 Å². The highest BCUT2D eigenvalue weighted by Crippen LogP contribution is 2.35. The zero-order valence-corrected chi connectivity index (χ0v) is 19.1. The van der Waals surface area contributed by atoms with Gasteiger partial charge in [0.05, 0.1) is 0 Å². The number of unbranched alkanes of at least 4 members (excludes halogenated alkanes) is 9. The Morgan fingerprint density at radius 1 is 0.903 bits per heavy atom. The Labute approximate surface area is 187 Å². The molecule has 4 heteroatoms. The van der Waals surface area contributed by atoms with E-state index in [1.54, 1.807) is 12.3 Å². The number of Topliss-reactive ketones (excluding diaryl/α,β-unsaturated/α-hetero) is 1. The Kier molecular flexibility index (Phi) is 11.7. The van der Waals surface area contributed by atoms with Crippen molar-refractivity contribution in [2.24, 2.45) is 0 Å². The first-order valence-electron chi connectivity index (χ1n) is 12.0. The lowest BCUT2D eigenvalue weighted by Gasteiger charge is -2.18.